The van der Waals surface area contributed by atoms with E-state index in [2.05, 4.69) is 4.98 Å². The number of nitrogens with one attached hydrogen (secondary N) is 1. The van der Waals surface area contributed by atoms with Crippen molar-refractivity contribution in [3.8, 4) is 5.88 Å². The van der Waals surface area contributed by atoms with Crippen LogP contribution in [-0.2, 0) is 14.8 Å². The van der Waals surface area contributed by atoms with Gasteiger partial charge in [-0.05, 0) is 12.0 Å². The van der Waals surface area contributed by atoms with Crippen LogP contribution in [0.1, 0.15) is 13.8 Å². The predicted molar refractivity (Wildman–Crippen MR) is 74.3 cm³/mol. The molecule has 0 unspecified atom stereocenters. The van der Waals surface area contributed by atoms with E-state index in [9.17, 15) is 13.2 Å². The lowest BCUT2D eigenvalue weighted by molar-refractivity contribution is -0.129. The number of hydrogen-bond donors (Lipinski definition) is 2. The molecule has 0 atom stereocenters. The summed E-state index contributed by atoms with van der Waals surface area (Å²) in [5.41, 5.74) is 1.43. The van der Waals surface area contributed by atoms with Gasteiger partial charge in [-0.1, -0.05) is 13.8 Å². The lowest BCUT2D eigenvalue weighted by Gasteiger charge is -2.22. The number of methoxy groups -OCH3 is 1. The van der Waals surface area contributed by atoms with Gasteiger partial charge >= 0.3 is 0 Å². The van der Waals surface area contributed by atoms with E-state index in [1.54, 1.807) is 0 Å². The monoisotopic (exact) mass is 317 g/mol. The van der Waals surface area contributed by atoms with Gasteiger partial charge < -0.3 is 4.74 Å². The van der Waals surface area contributed by atoms with E-state index in [1.165, 1.54) is 30.9 Å². The summed E-state index contributed by atoms with van der Waals surface area (Å²) in [6.07, 6.45) is 1.17. The minimum absolute atomic E-state index is 0.0116. The summed E-state index contributed by atoms with van der Waals surface area (Å²) < 4.78 is 30.9. The second-order valence-corrected chi connectivity index (χ2v) is 6.70. The average molecular weight is 317 g/mol. The van der Waals surface area contributed by atoms with Crippen LogP contribution in [0, 0.1) is 5.92 Å². The highest BCUT2D eigenvalue weighted by atomic mass is 32.2. The maximum Gasteiger partial charge on any atom is 0.258 e. The van der Waals surface area contributed by atoms with Crippen molar-refractivity contribution in [2.24, 2.45) is 5.92 Å². The molecule has 8 nitrogen and oxygen atoms in total. The van der Waals surface area contributed by atoms with E-state index in [0.29, 0.717) is 0 Å². The van der Waals surface area contributed by atoms with Gasteiger partial charge in [0.05, 0.1) is 19.9 Å². The molecule has 0 aliphatic carbocycles. The van der Waals surface area contributed by atoms with E-state index in [1.807, 2.05) is 13.8 Å². The lowest BCUT2D eigenvalue weighted by Crippen LogP contribution is -2.41. The van der Waals surface area contributed by atoms with Crippen LogP contribution >= 0.6 is 0 Å². The highest BCUT2D eigenvalue weighted by Crippen LogP contribution is 2.18. The van der Waals surface area contributed by atoms with Crippen molar-refractivity contribution in [1.82, 2.24) is 14.8 Å². The molecule has 2 N–H and O–H groups in total. The zero-order chi connectivity index (χ0) is 16.0. The molecule has 0 spiro atoms. The van der Waals surface area contributed by atoms with Crippen LogP contribution in [0.15, 0.2) is 23.2 Å². The first-order valence-electron chi connectivity index (χ1n) is 6.24. The van der Waals surface area contributed by atoms with Crippen LogP contribution in [0.25, 0.3) is 0 Å². The number of carbonyl (C=O) groups excluding carboxylic acids is 1. The number of carbonyl (C=O) groups is 1. The first-order valence-corrected chi connectivity index (χ1v) is 7.68. The predicted octanol–water partition coefficient (Wildman–Crippen LogP) is 0.242. The third-order valence-electron chi connectivity index (χ3n) is 2.57. The maximum absolute atomic E-state index is 12.5. The molecule has 21 heavy (non-hydrogen) atoms. The molecule has 1 aromatic heterocycles. The SMILES string of the molecule is COc1ccc(S(=O)(=O)N(CC(=O)NO)CC(C)C)cn1. The Balaban J connectivity index is 3.09. The fourth-order valence-corrected chi connectivity index (χ4v) is 3.15. The highest BCUT2D eigenvalue weighted by molar-refractivity contribution is 7.89. The number of ether oxygens (including phenoxy) is 1. The van der Waals surface area contributed by atoms with Crippen LogP contribution in [0.2, 0.25) is 0 Å². The molecule has 0 aromatic carbocycles. The molecule has 0 aliphatic heterocycles. The summed E-state index contributed by atoms with van der Waals surface area (Å²) in [6, 6.07) is 2.78. The van der Waals surface area contributed by atoms with Crippen molar-refractivity contribution < 1.29 is 23.2 Å². The van der Waals surface area contributed by atoms with E-state index in [0.717, 1.165) is 4.31 Å². The quantitative estimate of drug-likeness (QED) is 0.551. The molecule has 1 rings (SSSR count). The van der Waals surface area contributed by atoms with Crippen LogP contribution in [-0.4, -0.2) is 49.0 Å². The Bertz CT molecular complexity index is 571. The molecule has 0 bridgehead atoms. The maximum atomic E-state index is 12.5. The second-order valence-electron chi connectivity index (χ2n) is 4.76. The number of rotatable bonds is 7. The molecular formula is C12H19N3O5S. The molecule has 1 aromatic rings. The Labute approximate surface area is 123 Å². The third-order valence-corrected chi connectivity index (χ3v) is 4.36. The zero-order valence-corrected chi connectivity index (χ0v) is 12.9. The number of sulfonamides is 1. The van der Waals surface area contributed by atoms with Crippen molar-refractivity contribution >= 4 is 15.9 Å². The Morgan fingerprint density at radius 1 is 1.48 bits per heavy atom. The number of pyridine rings is 1. The van der Waals surface area contributed by atoms with Gasteiger partial charge in [-0.2, -0.15) is 4.31 Å². The zero-order valence-electron chi connectivity index (χ0n) is 12.1. The molecular weight excluding hydrogens is 298 g/mol. The molecule has 0 radical (unpaired) electrons. The molecule has 0 saturated heterocycles. The molecule has 0 aliphatic rings. The van der Waals surface area contributed by atoms with Gasteiger partial charge in [0.15, 0.2) is 0 Å². The summed E-state index contributed by atoms with van der Waals surface area (Å²) in [5.74, 6) is -0.504. The van der Waals surface area contributed by atoms with Crippen LogP contribution in [0.4, 0.5) is 0 Å². The van der Waals surface area contributed by atoms with E-state index >= 15 is 0 Å². The first kappa shape index (κ1) is 17.3. The number of hydroxylamine groups is 1. The Kier molecular flexibility index (Phi) is 6.06. The van der Waals surface area contributed by atoms with Crippen molar-refractivity contribution in [3.63, 3.8) is 0 Å². The fourth-order valence-electron chi connectivity index (χ4n) is 1.64. The second kappa shape index (κ2) is 7.34. The molecule has 0 fully saturated rings. The van der Waals surface area contributed by atoms with Gasteiger partial charge in [0, 0.05) is 12.6 Å². The summed E-state index contributed by atoms with van der Waals surface area (Å²) >= 11 is 0. The van der Waals surface area contributed by atoms with Gasteiger partial charge in [-0.25, -0.2) is 18.9 Å². The van der Waals surface area contributed by atoms with Crippen molar-refractivity contribution in [3.05, 3.63) is 18.3 Å². The highest BCUT2D eigenvalue weighted by Gasteiger charge is 2.27. The topological polar surface area (TPSA) is 109 Å². The van der Waals surface area contributed by atoms with Gasteiger partial charge in [-0.15, -0.1) is 0 Å². The normalized spacial score (nSPS) is 11.7. The van der Waals surface area contributed by atoms with Crippen molar-refractivity contribution in [1.29, 1.82) is 0 Å². The summed E-state index contributed by atoms with van der Waals surface area (Å²) in [6.45, 7) is 3.32. The van der Waals surface area contributed by atoms with Crippen LogP contribution in [0.5, 0.6) is 5.88 Å². The Morgan fingerprint density at radius 3 is 2.57 bits per heavy atom. The number of hydrogen-bond acceptors (Lipinski definition) is 6. The van der Waals surface area contributed by atoms with Crippen LogP contribution in [0.3, 0.4) is 0 Å². The summed E-state index contributed by atoms with van der Waals surface area (Å²) in [4.78, 5) is 15.1. The largest absolute Gasteiger partial charge is 0.481 e. The standard InChI is InChI=1S/C12H19N3O5S/c1-9(2)7-15(8-11(16)14-17)21(18,19)10-4-5-12(20-3)13-6-10/h4-6,9,17H,7-8H2,1-3H3,(H,14,16). The third kappa shape index (κ3) is 4.66. The van der Waals surface area contributed by atoms with Gasteiger partial charge in [0.25, 0.3) is 5.91 Å². The Hall–Kier alpha value is -1.71. The minimum atomic E-state index is -3.88. The molecule has 9 heteroatoms. The average Bonchev–Trinajstić information content (AvgIpc) is 2.45. The van der Waals surface area contributed by atoms with Gasteiger partial charge in [0.2, 0.25) is 15.9 Å². The molecule has 1 heterocycles. The molecule has 1 amide bonds. The molecule has 118 valence electrons. The molecule has 0 saturated carbocycles. The fraction of sp³-hybridized carbons (Fsp3) is 0.500. The van der Waals surface area contributed by atoms with Gasteiger partial charge in [-0.3, -0.25) is 10.0 Å². The van der Waals surface area contributed by atoms with E-state index < -0.39 is 22.5 Å². The van der Waals surface area contributed by atoms with Gasteiger partial charge in [0.1, 0.15) is 4.90 Å². The van der Waals surface area contributed by atoms with Crippen LogP contribution < -0.4 is 10.2 Å². The van der Waals surface area contributed by atoms with Crippen molar-refractivity contribution in [2.45, 2.75) is 18.7 Å². The lowest BCUT2D eigenvalue weighted by atomic mass is 10.2. The first-order chi connectivity index (χ1) is 9.81. The number of aromatic nitrogens is 1. The number of nitrogens with zero attached hydrogens (tertiary/aromatic N) is 2. The Morgan fingerprint density at radius 2 is 2.14 bits per heavy atom. The smallest absolute Gasteiger partial charge is 0.258 e. The van der Waals surface area contributed by atoms with E-state index in [-0.39, 0.29) is 23.2 Å². The van der Waals surface area contributed by atoms with E-state index in [4.69, 9.17) is 9.94 Å². The minimum Gasteiger partial charge on any atom is -0.481 e. The number of amides is 1. The summed E-state index contributed by atoms with van der Waals surface area (Å²) in [7, 11) is -2.46. The van der Waals surface area contributed by atoms with Crippen molar-refractivity contribution in [2.75, 3.05) is 20.2 Å². The summed E-state index contributed by atoms with van der Waals surface area (Å²) in [5, 5.41) is 8.57.